The van der Waals surface area contributed by atoms with Crippen molar-refractivity contribution >= 4 is 50.0 Å². The zero-order valence-corrected chi connectivity index (χ0v) is 17.4. The van der Waals surface area contributed by atoms with Crippen LogP contribution in [0.15, 0.2) is 23.2 Å². The molecule has 2 heterocycles. The predicted molar refractivity (Wildman–Crippen MR) is 105 cm³/mol. The maximum absolute atomic E-state index is 13.2. The van der Waals surface area contributed by atoms with E-state index in [0.717, 1.165) is 30.0 Å². The van der Waals surface area contributed by atoms with E-state index in [-0.39, 0.29) is 39.7 Å². The fourth-order valence-corrected chi connectivity index (χ4v) is 7.35. The van der Waals surface area contributed by atoms with Crippen molar-refractivity contribution in [1.82, 2.24) is 0 Å². The Labute approximate surface area is 170 Å². The molecule has 0 bridgehead atoms. The molecule has 2 fully saturated rings. The van der Waals surface area contributed by atoms with E-state index in [1.165, 1.54) is 4.90 Å². The molecule has 28 heavy (non-hydrogen) atoms. The maximum Gasteiger partial charge on any atom is 0.416 e. The normalized spacial score (nSPS) is 25.5. The van der Waals surface area contributed by atoms with Gasteiger partial charge in [0, 0.05) is 11.7 Å². The van der Waals surface area contributed by atoms with E-state index in [1.54, 1.807) is 0 Å². The number of thioether (sulfide) groups is 1. The van der Waals surface area contributed by atoms with Crippen LogP contribution < -0.4 is 4.90 Å². The monoisotopic (exact) mass is 454 g/mol. The van der Waals surface area contributed by atoms with Gasteiger partial charge < -0.3 is 4.90 Å². The van der Waals surface area contributed by atoms with Crippen molar-refractivity contribution in [3.8, 4) is 0 Å². The highest BCUT2D eigenvalue weighted by Crippen LogP contribution is 2.44. The first-order valence-corrected chi connectivity index (χ1v) is 11.6. The van der Waals surface area contributed by atoms with Crippen molar-refractivity contribution in [3.05, 3.63) is 28.8 Å². The number of carbonyl (C=O) groups is 1. The topological polar surface area (TPSA) is 66.8 Å². The highest BCUT2D eigenvalue weighted by Gasteiger charge is 2.50. The summed E-state index contributed by atoms with van der Waals surface area (Å²) >= 11 is 7.27. The van der Waals surface area contributed by atoms with Gasteiger partial charge in [-0.3, -0.25) is 4.79 Å². The summed E-state index contributed by atoms with van der Waals surface area (Å²) in [5.41, 5.74) is -0.904. The summed E-state index contributed by atoms with van der Waals surface area (Å²) in [4.78, 5) is 17.6. The first-order valence-electron chi connectivity index (χ1n) is 8.52. The molecule has 0 aromatic heterocycles. The molecule has 2 atom stereocenters. The number of hydrogen-bond acceptors (Lipinski definition) is 4. The fourth-order valence-electron chi connectivity index (χ4n) is 3.22. The molecule has 0 unspecified atom stereocenters. The molecule has 1 aromatic rings. The second-order valence-electron chi connectivity index (χ2n) is 7.22. The number of halogens is 4. The van der Waals surface area contributed by atoms with E-state index < -0.39 is 38.8 Å². The number of fused-ring (bicyclic) bond motifs is 1. The van der Waals surface area contributed by atoms with Crippen LogP contribution in [0.4, 0.5) is 18.9 Å². The van der Waals surface area contributed by atoms with Gasteiger partial charge in [0.25, 0.3) is 0 Å². The molecule has 3 rings (SSSR count). The van der Waals surface area contributed by atoms with Crippen LogP contribution in [0.5, 0.6) is 0 Å². The number of anilines is 1. The second kappa shape index (κ2) is 7.53. The van der Waals surface area contributed by atoms with Crippen molar-refractivity contribution < 1.29 is 26.4 Å². The molecule has 1 aromatic carbocycles. The third kappa shape index (κ3) is 4.49. The molecule has 0 saturated carbocycles. The molecule has 0 spiro atoms. The van der Waals surface area contributed by atoms with Crippen molar-refractivity contribution in [3.63, 3.8) is 0 Å². The lowest BCUT2D eigenvalue weighted by Gasteiger charge is -2.26. The smallest absolute Gasteiger partial charge is 0.314 e. The van der Waals surface area contributed by atoms with Crippen molar-refractivity contribution in [2.75, 3.05) is 16.4 Å². The van der Waals surface area contributed by atoms with Crippen molar-refractivity contribution in [1.29, 1.82) is 0 Å². The minimum absolute atomic E-state index is 0.00434. The van der Waals surface area contributed by atoms with Crippen LogP contribution in [-0.2, 0) is 20.8 Å². The Hall–Kier alpha value is -1.26. The zero-order valence-electron chi connectivity index (χ0n) is 15.0. The number of rotatable bonds is 3. The predicted octanol–water partition coefficient (Wildman–Crippen LogP) is 4.01. The average Bonchev–Trinajstić information content (AvgIpc) is 2.97. The molecule has 11 heteroatoms. The maximum atomic E-state index is 13.2. The SMILES string of the molecule is CC(C)CC(=O)N=C1S[C@H]2CS(=O)(=O)C[C@H]2N1c1cc(C(F)(F)F)ccc1Cl. The van der Waals surface area contributed by atoms with Crippen LogP contribution in [0.2, 0.25) is 5.02 Å². The van der Waals surface area contributed by atoms with E-state index in [9.17, 15) is 26.4 Å². The lowest BCUT2D eigenvalue weighted by atomic mass is 10.1. The van der Waals surface area contributed by atoms with Crippen LogP contribution in [-0.4, -0.2) is 42.3 Å². The minimum atomic E-state index is -4.59. The van der Waals surface area contributed by atoms with Gasteiger partial charge in [0.05, 0.1) is 33.8 Å². The highest BCUT2D eigenvalue weighted by atomic mass is 35.5. The quantitative estimate of drug-likeness (QED) is 0.690. The number of alkyl halides is 3. The van der Waals surface area contributed by atoms with Crippen LogP contribution in [0.25, 0.3) is 0 Å². The number of amides is 1. The Balaban J connectivity index is 2.07. The summed E-state index contributed by atoms with van der Waals surface area (Å²) < 4.78 is 63.6. The molecular weight excluding hydrogens is 437 g/mol. The van der Waals surface area contributed by atoms with E-state index >= 15 is 0 Å². The summed E-state index contributed by atoms with van der Waals surface area (Å²) in [7, 11) is -3.34. The van der Waals surface area contributed by atoms with Crippen molar-refractivity contribution in [2.24, 2.45) is 10.9 Å². The summed E-state index contributed by atoms with van der Waals surface area (Å²) in [6.45, 7) is 3.70. The summed E-state index contributed by atoms with van der Waals surface area (Å²) in [6.07, 6.45) is -4.40. The second-order valence-corrected chi connectivity index (χ2v) is 11.0. The van der Waals surface area contributed by atoms with E-state index in [2.05, 4.69) is 4.99 Å². The number of aliphatic imine (C=N–C) groups is 1. The highest BCUT2D eigenvalue weighted by molar-refractivity contribution is 8.16. The average molecular weight is 455 g/mol. The molecule has 0 N–H and O–H groups in total. The third-order valence-corrected chi connectivity index (χ3v) is 7.93. The van der Waals surface area contributed by atoms with Gasteiger partial charge in [0.2, 0.25) is 5.91 Å². The summed E-state index contributed by atoms with van der Waals surface area (Å²) in [5.74, 6) is -0.691. The van der Waals surface area contributed by atoms with Gasteiger partial charge in [0.1, 0.15) is 0 Å². The Morgan fingerprint density at radius 3 is 2.64 bits per heavy atom. The van der Waals surface area contributed by atoms with Crippen molar-refractivity contribution in [2.45, 2.75) is 37.7 Å². The van der Waals surface area contributed by atoms with E-state index in [0.29, 0.717) is 0 Å². The van der Waals surface area contributed by atoms with Gasteiger partial charge in [-0.25, -0.2) is 8.42 Å². The van der Waals surface area contributed by atoms with Crippen LogP contribution in [0.1, 0.15) is 25.8 Å². The molecule has 5 nitrogen and oxygen atoms in total. The standard InChI is InChI=1S/C17H18ClF3N2O3S2/c1-9(2)5-15(24)22-16-23(13-7-28(25,26)8-14(13)27-16)12-6-10(17(19,20)21)3-4-11(12)18/h3-4,6,9,13-14H,5,7-8H2,1-2H3/t13-,14+/m1/s1. The lowest BCUT2D eigenvalue weighted by Crippen LogP contribution is -2.38. The zero-order chi connectivity index (χ0) is 20.9. The third-order valence-electron chi connectivity index (χ3n) is 4.40. The first kappa shape index (κ1) is 21.4. The first-order chi connectivity index (χ1) is 12.9. The molecule has 0 radical (unpaired) electrons. The Bertz CT molecular complexity index is 932. The van der Waals surface area contributed by atoms with Gasteiger partial charge in [-0.2, -0.15) is 18.2 Å². The molecule has 2 saturated heterocycles. The van der Waals surface area contributed by atoms with Gasteiger partial charge in [-0.15, -0.1) is 0 Å². The molecule has 154 valence electrons. The summed E-state index contributed by atoms with van der Waals surface area (Å²) in [5, 5.41) is -0.194. The fraction of sp³-hybridized carbons (Fsp3) is 0.529. The molecule has 1 amide bonds. The Kier molecular flexibility index (Phi) is 5.77. The van der Waals surface area contributed by atoms with Crippen LogP contribution in [0, 0.1) is 5.92 Å². The number of hydrogen-bond donors (Lipinski definition) is 0. The number of nitrogens with zero attached hydrogens (tertiary/aromatic N) is 2. The molecular formula is C17H18ClF3N2O3S2. The minimum Gasteiger partial charge on any atom is -0.314 e. The van der Waals surface area contributed by atoms with Gasteiger partial charge in [-0.05, 0) is 24.1 Å². The van der Waals surface area contributed by atoms with Crippen LogP contribution in [0.3, 0.4) is 0 Å². The number of carbonyl (C=O) groups excluding carboxylic acids is 1. The molecule has 0 aliphatic carbocycles. The Morgan fingerprint density at radius 1 is 1.36 bits per heavy atom. The van der Waals surface area contributed by atoms with Gasteiger partial charge in [-0.1, -0.05) is 37.2 Å². The van der Waals surface area contributed by atoms with Crippen LogP contribution >= 0.6 is 23.4 Å². The number of amidine groups is 1. The molecule has 2 aliphatic heterocycles. The largest absolute Gasteiger partial charge is 0.416 e. The van der Waals surface area contributed by atoms with Gasteiger partial charge in [0.15, 0.2) is 15.0 Å². The summed E-state index contributed by atoms with van der Waals surface area (Å²) in [6, 6.07) is 2.23. The molecule has 2 aliphatic rings. The number of benzene rings is 1. The Morgan fingerprint density at radius 2 is 2.04 bits per heavy atom. The van der Waals surface area contributed by atoms with E-state index in [4.69, 9.17) is 11.6 Å². The lowest BCUT2D eigenvalue weighted by molar-refractivity contribution is -0.137. The van der Waals surface area contributed by atoms with Gasteiger partial charge >= 0.3 is 6.18 Å². The van der Waals surface area contributed by atoms with E-state index in [1.807, 2.05) is 13.8 Å². The number of sulfone groups is 1.